The lowest BCUT2D eigenvalue weighted by Crippen LogP contribution is -2.23. The van der Waals surface area contributed by atoms with Gasteiger partial charge in [-0.3, -0.25) is 4.79 Å². The Morgan fingerprint density at radius 3 is 2.83 bits per heavy atom. The maximum atomic E-state index is 12.0. The van der Waals surface area contributed by atoms with Gasteiger partial charge in [-0.1, -0.05) is 42.5 Å². The summed E-state index contributed by atoms with van der Waals surface area (Å²) < 4.78 is 10.5. The van der Waals surface area contributed by atoms with Gasteiger partial charge >= 0.3 is 5.97 Å². The van der Waals surface area contributed by atoms with Gasteiger partial charge in [0, 0.05) is 12.5 Å². The number of ether oxygens (including phenoxy) is 2. The molecule has 1 aliphatic heterocycles. The fourth-order valence-electron chi connectivity index (χ4n) is 2.94. The van der Waals surface area contributed by atoms with Crippen LogP contribution in [-0.4, -0.2) is 25.8 Å². The van der Waals surface area contributed by atoms with Crippen LogP contribution in [0.5, 0.6) is 0 Å². The van der Waals surface area contributed by atoms with Crippen molar-refractivity contribution in [3.05, 3.63) is 42.0 Å². The van der Waals surface area contributed by atoms with E-state index in [2.05, 4.69) is 0 Å². The molecule has 3 atom stereocenters. The highest BCUT2D eigenvalue weighted by atomic mass is 16.5. The average Bonchev–Trinajstić information content (AvgIpc) is 2.79. The predicted octanol–water partition coefficient (Wildman–Crippen LogP) is 2.28. The molecule has 18 heavy (non-hydrogen) atoms. The maximum Gasteiger partial charge on any atom is 0.318 e. The first-order valence-electron chi connectivity index (χ1n) is 6.23. The Labute approximate surface area is 106 Å². The standard InChI is InChI=1S/C15H16O3/c1-17-14(16)15(12-8-10-18-13(12)15)9-7-11-5-3-2-4-6-11/h2-7,9,12-13H,8,10H2,1H3/b9-7+/t12-,13+,15+/m1/s1. The van der Waals surface area contributed by atoms with Gasteiger partial charge in [0.2, 0.25) is 0 Å². The van der Waals surface area contributed by atoms with E-state index in [0.717, 1.165) is 18.6 Å². The summed E-state index contributed by atoms with van der Waals surface area (Å²) in [6.07, 6.45) is 4.91. The molecule has 0 radical (unpaired) electrons. The molecule has 1 heterocycles. The molecule has 1 saturated heterocycles. The Kier molecular flexibility index (Phi) is 2.71. The van der Waals surface area contributed by atoms with Gasteiger partial charge in [-0.05, 0) is 12.0 Å². The summed E-state index contributed by atoms with van der Waals surface area (Å²) in [7, 11) is 1.44. The van der Waals surface area contributed by atoms with Crippen LogP contribution >= 0.6 is 0 Å². The van der Waals surface area contributed by atoms with E-state index in [4.69, 9.17) is 9.47 Å². The molecule has 0 unspecified atom stereocenters. The van der Waals surface area contributed by atoms with E-state index in [1.54, 1.807) is 0 Å². The molecule has 3 heteroatoms. The first kappa shape index (κ1) is 11.5. The van der Waals surface area contributed by atoms with Gasteiger partial charge < -0.3 is 9.47 Å². The summed E-state index contributed by atoms with van der Waals surface area (Å²) in [5.41, 5.74) is 0.550. The van der Waals surface area contributed by atoms with Gasteiger partial charge in [0.15, 0.2) is 0 Å². The fourth-order valence-corrected chi connectivity index (χ4v) is 2.94. The van der Waals surface area contributed by atoms with Crippen molar-refractivity contribution < 1.29 is 14.3 Å². The molecule has 94 valence electrons. The Balaban J connectivity index is 1.84. The lowest BCUT2D eigenvalue weighted by molar-refractivity contribution is -0.147. The quantitative estimate of drug-likeness (QED) is 0.765. The van der Waals surface area contributed by atoms with E-state index in [0.29, 0.717) is 5.92 Å². The Morgan fingerprint density at radius 1 is 1.44 bits per heavy atom. The van der Waals surface area contributed by atoms with E-state index >= 15 is 0 Å². The number of rotatable bonds is 3. The average molecular weight is 244 g/mol. The summed E-state index contributed by atoms with van der Waals surface area (Å²) >= 11 is 0. The fraction of sp³-hybridized carbons (Fsp3) is 0.400. The summed E-state index contributed by atoms with van der Waals surface area (Å²) in [4.78, 5) is 12.0. The minimum absolute atomic E-state index is 0.0184. The second-order valence-electron chi connectivity index (χ2n) is 4.86. The van der Waals surface area contributed by atoms with Crippen LogP contribution in [-0.2, 0) is 14.3 Å². The molecule has 0 amide bonds. The minimum Gasteiger partial charge on any atom is -0.468 e. The third-order valence-electron chi connectivity index (χ3n) is 3.96. The van der Waals surface area contributed by atoms with E-state index in [-0.39, 0.29) is 12.1 Å². The van der Waals surface area contributed by atoms with Gasteiger partial charge in [-0.15, -0.1) is 0 Å². The van der Waals surface area contributed by atoms with E-state index in [1.165, 1.54) is 7.11 Å². The van der Waals surface area contributed by atoms with Crippen LogP contribution in [0.15, 0.2) is 36.4 Å². The number of esters is 1. The number of methoxy groups -OCH3 is 1. The molecular formula is C15H16O3. The van der Waals surface area contributed by atoms with Crippen molar-refractivity contribution in [1.29, 1.82) is 0 Å². The third kappa shape index (κ3) is 1.58. The lowest BCUT2D eigenvalue weighted by atomic mass is 9.99. The molecule has 1 aliphatic carbocycles. The van der Waals surface area contributed by atoms with Gasteiger partial charge in [-0.2, -0.15) is 0 Å². The summed E-state index contributed by atoms with van der Waals surface area (Å²) in [5.74, 6) is 0.120. The first-order chi connectivity index (χ1) is 8.79. The van der Waals surface area contributed by atoms with E-state index in [1.807, 2.05) is 42.5 Å². The van der Waals surface area contributed by atoms with Crippen LogP contribution in [0.2, 0.25) is 0 Å². The van der Waals surface area contributed by atoms with Gasteiger partial charge in [-0.25, -0.2) is 0 Å². The molecule has 3 rings (SSSR count). The first-order valence-corrected chi connectivity index (χ1v) is 6.23. The minimum atomic E-state index is -0.539. The summed E-state index contributed by atoms with van der Waals surface area (Å²) in [6.45, 7) is 0.757. The van der Waals surface area contributed by atoms with Crippen molar-refractivity contribution in [2.24, 2.45) is 11.3 Å². The highest BCUT2D eigenvalue weighted by molar-refractivity contribution is 5.86. The maximum absolute atomic E-state index is 12.0. The van der Waals surface area contributed by atoms with Crippen molar-refractivity contribution >= 4 is 12.0 Å². The van der Waals surface area contributed by atoms with Crippen LogP contribution in [0, 0.1) is 11.3 Å². The number of carbonyl (C=O) groups excluding carboxylic acids is 1. The zero-order chi connectivity index (χ0) is 12.6. The van der Waals surface area contributed by atoms with Crippen LogP contribution in [0.1, 0.15) is 12.0 Å². The van der Waals surface area contributed by atoms with E-state index < -0.39 is 5.41 Å². The summed E-state index contributed by atoms with van der Waals surface area (Å²) in [5, 5.41) is 0. The molecule has 1 aromatic carbocycles. The molecule has 1 aromatic rings. The number of benzene rings is 1. The molecule has 0 aromatic heterocycles. The lowest BCUT2D eigenvalue weighted by Gasteiger charge is -2.13. The number of fused-ring (bicyclic) bond motifs is 1. The molecule has 0 bridgehead atoms. The number of hydrogen-bond acceptors (Lipinski definition) is 3. The van der Waals surface area contributed by atoms with Crippen LogP contribution in [0.25, 0.3) is 6.08 Å². The molecule has 3 nitrogen and oxygen atoms in total. The van der Waals surface area contributed by atoms with Crippen LogP contribution in [0.3, 0.4) is 0 Å². The second kappa shape index (κ2) is 4.25. The highest BCUT2D eigenvalue weighted by Gasteiger charge is 2.72. The zero-order valence-electron chi connectivity index (χ0n) is 10.3. The monoisotopic (exact) mass is 244 g/mol. The molecule has 0 spiro atoms. The van der Waals surface area contributed by atoms with Gasteiger partial charge in [0.05, 0.1) is 13.2 Å². The number of carbonyl (C=O) groups is 1. The smallest absolute Gasteiger partial charge is 0.318 e. The van der Waals surface area contributed by atoms with Crippen molar-refractivity contribution in [1.82, 2.24) is 0 Å². The van der Waals surface area contributed by atoms with Crippen molar-refractivity contribution in [2.45, 2.75) is 12.5 Å². The SMILES string of the molecule is COC(=O)[C@@]1(/C=C/c2ccccc2)[C@@H]2CCO[C@@H]21. The van der Waals surface area contributed by atoms with E-state index in [9.17, 15) is 4.79 Å². The third-order valence-corrected chi connectivity index (χ3v) is 3.96. The molecule has 2 fully saturated rings. The molecular weight excluding hydrogens is 228 g/mol. The molecule has 1 saturated carbocycles. The van der Waals surface area contributed by atoms with Crippen molar-refractivity contribution in [2.75, 3.05) is 13.7 Å². The zero-order valence-corrected chi connectivity index (χ0v) is 10.3. The largest absolute Gasteiger partial charge is 0.468 e. The van der Waals surface area contributed by atoms with Gasteiger partial charge in [0.25, 0.3) is 0 Å². The van der Waals surface area contributed by atoms with Crippen molar-refractivity contribution in [3.63, 3.8) is 0 Å². The van der Waals surface area contributed by atoms with Crippen LogP contribution in [0.4, 0.5) is 0 Å². The van der Waals surface area contributed by atoms with Crippen molar-refractivity contribution in [3.8, 4) is 0 Å². The number of hydrogen-bond donors (Lipinski definition) is 0. The molecule has 0 N–H and O–H groups in total. The Morgan fingerprint density at radius 2 is 2.22 bits per heavy atom. The topological polar surface area (TPSA) is 35.5 Å². The molecule has 2 aliphatic rings. The second-order valence-corrected chi connectivity index (χ2v) is 4.86. The Bertz CT molecular complexity index is 468. The Hall–Kier alpha value is -1.61. The van der Waals surface area contributed by atoms with Crippen LogP contribution < -0.4 is 0 Å². The van der Waals surface area contributed by atoms with Gasteiger partial charge in [0.1, 0.15) is 5.41 Å². The summed E-state index contributed by atoms with van der Waals surface area (Å²) in [6, 6.07) is 9.97. The predicted molar refractivity (Wildman–Crippen MR) is 67.8 cm³/mol. The highest BCUT2D eigenvalue weighted by Crippen LogP contribution is 2.62. The normalized spacial score (nSPS) is 33.4.